The van der Waals surface area contributed by atoms with Crippen molar-refractivity contribution in [1.82, 2.24) is 0 Å². The summed E-state index contributed by atoms with van der Waals surface area (Å²) in [6, 6.07) is 0. The van der Waals surface area contributed by atoms with Crippen molar-refractivity contribution in [2.24, 2.45) is 0 Å². The second-order valence-corrected chi connectivity index (χ2v) is 3.16. The number of hydrogen-bond donors (Lipinski definition) is 0. The predicted octanol–water partition coefficient (Wildman–Crippen LogP) is 4.33. The lowest BCUT2D eigenvalue weighted by Gasteiger charge is -1.97. The van der Waals surface area contributed by atoms with Gasteiger partial charge < -0.3 is 0 Å². The van der Waals surface area contributed by atoms with E-state index in [0.717, 1.165) is 6.42 Å². The Hall–Kier alpha value is -0.260. The first-order valence-corrected chi connectivity index (χ1v) is 5.14. The van der Waals surface area contributed by atoms with Gasteiger partial charge in [-0.3, -0.25) is 0 Å². The molecule has 0 aromatic heterocycles. The molecule has 0 fully saturated rings. The molecule has 0 amide bonds. The standard InChI is InChI=1S/C12H22/c1-3-5-7-9-11-12-10-8-6-4-2/h4-5,7H,1,3,6,8-12H2,2H3/b7-5+. The van der Waals surface area contributed by atoms with Crippen molar-refractivity contribution in [1.29, 1.82) is 0 Å². The normalized spacial score (nSPS) is 11.2. The number of hydrogen-bond acceptors (Lipinski definition) is 0. The van der Waals surface area contributed by atoms with Gasteiger partial charge in [-0.2, -0.15) is 0 Å². The molecular weight excluding hydrogens is 144 g/mol. The van der Waals surface area contributed by atoms with Gasteiger partial charge in [-0.1, -0.05) is 44.8 Å². The molecular formula is C12H22. The minimum absolute atomic E-state index is 0.935. The Labute approximate surface area is 78.1 Å². The van der Waals surface area contributed by atoms with Crippen molar-refractivity contribution in [3.05, 3.63) is 25.5 Å². The van der Waals surface area contributed by atoms with Crippen molar-refractivity contribution in [2.45, 2.75) is 51.9 Å². The van der Waals surface area contributed by atoms with Crippen LogP contribution in [0.4, 0.5) is 0 Å². The van der Waals surface area contributed by atoms with Crippen molar-refractivity contribution < 1.29 is 0 Å². The van der Waals surface area contributed by atoms with Gasteiger partial charge in [0.05, 0.1) is 0 Å². The van der Waals surface area contributed by atoms with E-state index in [2.05, 4.69) is 32.4 Å². The van der Waals surface area contributed by atoms with Gasteiger partial charge >= 0.3 is 0 Å². The maximum atomic E-state index is 3.75. The number of unbranched alkanes of at least 4 members (excludes halogenated alkanes) is 6. The van der Waals surface area contributed by atoms with Gasteiger partial charge in [0.25, 0.3) is 0 Å². The van der Waals surface area contributed by atoms with Crippen LogP contribution >= 0.6 is 0 Å². The fourth-order valence-corrected chi connectivity index (χ4v) is 1.20. The Morgan fingerprint density at radius 2 is 1.58 bits per heavy atom. The zero-order chi connectivity index (χ0) is 9.07. The monoisotopic (exact) mass is 166 g/mol. The molecule has 0 aliphatic rings. The number of rotatable bonds is 8. The lowest BCUT2D eigenvalue weighted by molar-refractivity contribution is 0.642. The van der Waals surface area contributed by atoms with Crippen LogP contribution in [0, 0.1) is 13.3 Å². The summed E-state index contributed by atoms with van der Waals surface area (Å²) in [4.78, 5) is 0. The van der Waals surface area contributed by atoms with E-state index in [9.17, 15) is 0 Å². The van der Waals surface area contributed by atoms with Crippen LogP contribution in [0.1, 0.15) is 51.9 Å². The molecule has 0 bridgehead atoms. The second-order valence-electron chi connectivity index (χ2n) is 3.16. The van der Waals surface area contributed by atoms with Gasteiger partial charge in [0.1, 0.15) is 0 Å². The average molecular weight is 166 g/mol. The lowest BCUT2D eigenvalue weighted by atomic mass is 10.1. The molecule has 70 valence electrons. The molecule has 0 heterocycles. The minimum Gasteiger partial charge on any atom is -0.0885 e. The van der Waals surface area contributed by atoms with Gasteiger partial charge in [0.15, 0.2) is 0 Å². The summed E-state index contributed by atoms with van der Waals surface area (Å²) in [5, 5.41) is 0. The second kappa shape index (κ2) is 10.7. The van der Waals surface area contributed by atoms with E-state index in [-0.39, 0.29) is 0 Å². The lowest BCUT2D eigenvalue weighted by Crippen LogP contribution is -1.77. The highest BCUT2D eigenvalue weighted by atomic mass is 13.9. The fourth-order valence-electron chi connectivity index (χ4n) is 1.20. The van der Waals surface area contributed by atoms with E-state index in [1.165, 1.54) is 38.5 Å². The Morgan fingerprint density at radius 3 is 2.17 bits per heavy atom. The van der Waals surface area contributed by atoms with Gasteiger partial charge in [-0.15, -0.1) is 0 Å². The molecule has 0 saturated carbocycles. The van der Waals surface area contributed by atoms with Crippen LogP contribution in [0.25, 0.3) is 0 Å². The third-order valence-corrected chi connectivity index (χ3v) is 1.95. The van der Waals surface area contributed by atoms with Crippen LogP contribution in [-0.4, -0.2) is 0 Å². The zero-order valence-electron chi connectivity index (χ0n) is 8.39. The summed E-state index contributed by atoms with van der Waals surface area (Å²) >= 11 is 0. The smallest absolute Gasteiger partial charge is 0.0351 e. The summed E-state index contributed by atoms with van der Waals surface area (Å²) in [5.74, 6) is 0. The minimum atomic E-state index is 0.935. The highest BCUT2D eigenvalue weighted by molar-refractivity contribution is 4.81. The highest BCUT2D eigenvalue weighted by Crippen LogP contribution is 2.06. The van der Waals surface area contributed by atoms with E-state index >= 15 is 0 Å². The van der Waals surface area contributed by atoms with Gasteiger partial charge in [-0.25, -0.2) is 0 Å². The van der Waals surface area contributed by atoms with Crippen LogP contribution in [0.3, 0.4) is 0 Å². The van der Waals surface area contributed by atoms with Crippen LogP contribution in [0.15, 0.2) is 12.2 Å². The summed E-state index contributed by atoms with van der Waals surface area (Å²) < 4.78 is 0. The summed E-state index contributed by atoms with van der Waals surface area (Å²) in [6.07, 6.45) is 15.6. The van der Waals surface area contributed by atoms with Crippen LogP contribution < -0.4 is 0 Å². The molecule has 2 radical (unpaired) electrons. The van der Waals surface area contributed by atoms with Crippen molar-refractivity contribution in [2.75, 3.05) is 0 Å². The van der Waals surface area contributed by atoms with Crippen molar-refractivity contribution in [3.63, 3.8) is 0 Å². The van der Waals surface area contributed by atoms with Crippen LogP contribution in [-0.2, 0) is 0 Å². The SMILES string of the molecule is [CH2]C/C=C/CCCCCC[CH]C. The molecule has 0 unspecified atom stereocenters. The summed E-state index contributed by atoms with van der Waals surface area (Å²) in [6.45, 7) is 5.89. The quantitative estimate of drug-likeness (QED) is 0.372. The molecule has 0 heteroatoms. The first-order valence-electron chi connectivity index (χ1n) is 5.14. The molecule has 0 rings (SSSR count). The third kappa shape index (κ3) is 9.74. The zero-order valence-corrected chi connectivity index (χ0v) is 8.39. The Bertz CT molecular complexity index is 92.2. The molecule has 0 aromatic rings. The molecule has 0 aliphatic heterocycles. The molecule has 0 nitrogen and oxygen atoms in total. The largest absolute Gasteiger partial charge is 0.0885 e. The molecule has 0 spiro atoms. The van der Waals surface area contributed by atoms with Gasteiger partial charge in [0.2, 0.25) is 0 Å². The first kappa shape index (κ1) is 11.7. The fraction of sp³-hybridized carbons (Fsp3) is 0.667. The average Bonchev–Trinajstić information content (AvgIpc) is 2.10. The topological polar surface area (TPSA) is 0 Å². The molecule has 0 N–H and O–H groups in total. The molecule has 0 aromatic carbocycles. The Morgan fingerprint density at radius 1 is 0.917 bits per heavy atom. The van der Waals surface area contributed by atoms with Crippen molar-refractivity contribution >= 4 is 0 Å². The van der Waals surface area contributed by atoms with Crippen LogP contribution in [0.5, 0.6) is 0 Å². The molecule has 0 aliphatic carbocycles. The van der Waals surface area contributed by atoms with E-state index in [4.69, 9.17) is 0 Å². The summed E-state index contributed by atoms with van der Waals surface area (Å²) in [7, 11) is 0. The van der Waals surface area contributed by atoms with Gasteiger partial charge in [0, 0.05) is 0 Å². The van der Waals surface area contributed by atoms with Crippen molar-refractivity contribution in [3.8, 4) is 0 Å². The third-order valence-electron chi connectivity index (χ3n) is 1.95. The van der Waals surface area contributed by atoms with Gasteiger partial charge in [-0.05, 0) is 32.6 Å². The van der Waals surface area contributed by atoms with E-state index in [1.54, 1.807) is 0 Å². The Kier molecular flexibility index (Phi) is 10.5. The maximum Gasteiger partial charge on any atom is -0.0351 e. The van der Waals surface area contributed by atoms with E-state index < -0.39 is 0 Å². The van der Waals surface area contributed by atoms with E-state index in [0.29, 0.717) is 0 Å². The Balaban J connectivity index is 2.86. The number of allylic oxidation sites excluding steroid dienone is 2. The van der Waals surface area contributed by atoms with E-state index in [1.807, 2.05) is 0 Å². The predicted molar refractivity (Wildman–Crippen MR) is 56.8 cm³/mol. The molecule has 12 heavy (non-hydrogen) atoms. The first-order chi connectivity index (χ1) is 5.91. The maximum absolute atomic E-state index is 3.75. The molecule has 0 atom stereocenters. The molecule has 0 saturated heterocycles. The summed E-state index contributed by atoms with van der Waals surface area (Å²) in [5.41, 5.74) is 0. The van der Waals surface area contributed by atoms with Crippen LogP contribution in [0.2, 0.25) is 0 Å². The highest BCUT2D eigenvalue weighted by Gasteiger charge is 1.87.